The van der Waals surface area contributed by atoms with Gasteiger partial charge in [0.2, 0.25) is 10.0 Å². The summed E-state index contributed by atoms with van der Waals surface area (Å²) in [7, 11) is -3.16. The van der Waals surface area contributed by atoms with E-state index in [1.54, 1.807) is 12.1 Å². The lowest BCUT2D eigenvalue weighted by atomic mass is 10.0. The third-order valence-electron chi connectivity index (χ3n) is 4.24. The highest BCUT2D eigenvalue weighted by Gasteiger charge is 2.29. The Bertz CT molecular complexity index is 592. The van der Waals surface area contributed by atoms with Gasteiger partial charge in [0.25, 0.3) is 0 Å². The summed E-state index contributed by atoms with van der Waals surface area (Å²) in [4.78, 5) is 0. The third kappa shape index (κ3) is 5.34. The predicted octanol–water partition coefficient (Wildman–Crippen LogP) is 2.06. The summed E-state index contributed by atoms with van der Waals surface area (Å²) in [5, 5.41) is 3.41. The maximum absolute atomic E-state index is 13.6. The van der Waals surface area contributed by atoms with E-state index in [4.69, 9.17) is 0 Å². The summed E-state index contributed by atoms with van der Waals surface area (Å²) in [6, 6.07) is 6.98. The molecule has 124 valence electrons. The van der Waals surface area contributed by atoms with E-state index < -0.39 is 10.0 Å². The first-order valence-electron chi connectivity index (χ1n) is 7.79. The zero-order valence-electron chi connectivity index (χ0n) is 13.2. The van der Waals surface area contributed by atoms with Crippen molar-refractivity contribution < 1.29 is 12.8 Å². The molecule has 0 spiro atoms. The van der Waals surface area contributed by atoms with Crippen molar-refractivity contribution in [3.8, 4) is 0 Å². The number of sulfonamides is 1. The summed E-state index contributed by atoms with van der Waals surface area (Å²) >= 11 is 0. The average Bonchev–Trinajstić information content (AvgIpc) is 2.84. The molecule has 1 aliphatic rings. The van der Waals surface area contributed by atoms with Crippen LogP contribution in [0.5, 0.6) is 0 Å². The predicted molar refractivity (Wildman–Crippen MR) is 86.7 cm³/mol. The molecule has 0 amide bonds. The first kappa shape index (κ1) is 17.4. The minimum atomic E-state index is -3.16. The van der Waals surface area contributed by atoms with E-state index in [-0.39, 0.29) is 17.9 Å². The van der Waals surface area contributed by atoms with E-state index in [0.717, 1.165) is 25.8 Å². The Balaban J connectivity index is 1.83. The fourth-order valence-corrected chi connectivity index (χ4v) is 3.99. The van der Waals surface area contributed by atoms with Crippen LogP contribution in [0.4, 0.5) is 4.39 Å². The van der Waals surface area contributed by atoms with E-state index >= 15 is 0 Å². The van der Waals surface area contributed by atoms with Crippen LogP contribution in [-0.2, 0) is 16.4 Å². The summed E-state index contributed by atoms with van der Waals surface area (Å²) in [5.74, 6) is 0.131. The van der Waals surface area contributed by atoms with Gasteiger partial charge in [-0.2, -0.15) is 0 Å². The molecule has 22 heavy (non-hydrogen) atoms. The molecular weight excluding hydrogens is 303 g/mol. The first-order chi connectivity index (χ1) is 10.3. The van der Waals surface area contributed by atoms with Crippen molar-refractivity contribution in [3.05, 3.63) is 35.6 Å². The highest BCUT2D eigenvalue weighted by atomic mass is 32.2. The molecular formula is C16H25FN2O2S. The van der Waals surface area contributed by atoms with Gasteiger partial charge in [-0.1, -0.05) is 24.6 Å². The van der Waals surface area contributed by atoms with E-state index in [1.165, 1.54) is 12.3 Å². The summed E-state index contributed by atoms with van der Waals surface area (Å²) < 4.78 is 39.1. The van der Waals surface area contributed by atoms with Crippen molar-refractivity contribution in [3.63, 3.8) is 0 Å². The number of halogens is 1. The molecule has 2 N–H and O–H groups in total. The molecule has 0 aromatic heterocycles. The van der Waals surface area contributed by atoms with E-state index in [2.05, 4.69) is 10.0 Å². The average molecular weight is 328 g/mol. The molecule has 1 aromatic rings. The molecule has 0 saturated heterocycles. The van der Waals surface area contributed by atoms with Gasteiger partial charge in [-0.25, -0.2) is 17.5 Å². The zero-order chi connectivity index (χ0) is 16.2. The lowest BCUT2D eigenvalue weighted by molar-refractivity contribution is 0.392. The van der Waals surface area contributed by atoms with Gasteiger partial charge in [0.05, 0.1) is 6.26 Å². The molecule has 0 bridgehead atoms. The second-order valence-corrected chi connectivity index (χ2v) is 8.07. The van der Waals surface area contributed by atoms with Gasteiger partial charge >= 0.3 is 0 Å². The summed E-state index contributed by atoms with van der Waals surface area (Å²) in [5.41, 5.74) is 0.708. The lowest BCUT2D eigenvalue weighted by Crippen LogP contribution is -2.42. The van der Waals surface area contributed by atoms with Crippen molar-refractivity contribution in [1.82, 2.24) is 10.0 Å². The maximum atomic E-state index is 13.6. The number of rotatable bonds is 7. The molecule has 0 unspecified atom stereocenters. The molecule has 2 rings (SSSR count). The van der Waals surface area contributed by atoms with Crippen LogP contribution in [0.1, 0.15) is 31.7 Å². The van der Waals surface area contributed by atoms with Crippen LogP contribution >= 0.6 is 0 Å². The molecule has 0 aliphatic heterocycles. The lowest BCUT2D eigenvalue weighted by Gasteiger charge is -2.23. The molecule has 1 aliphatic carbocycles. The standard InChI is InChI=1S/C16H25FN2O2S/c1-12(10-13-6-3-4-8-15(13)17)18-11-14-7-5-9-16(14)19-22(2,20)21/h3-4,6,8,12,14,16,18-19H,5,7,9-11H2,1-2H3/t12-,14-,16-/m1/s1. The topological polar surface area (TPSA) is 58.2 Å². The van der Waals surface area contributed by atoms with Crippen LogP contribution in [0.2, 0.25) is 0 Å². The Hall–Kier alpha value is -0.980. The molecule has 1 saturated carbocycles. The van der Waals surface area contributed by atoms with Gasteiger partial charge < -0.3 is 5.32 Å². The second-order valence-electron chi connectivity index (χ2n) is 6.29. The van der Waals surface area contributed by atoms with Gasteiger partial charge in [0.15, 0.2) is 0 Å². The van der Waals surface area contributed by atoms with E-state index in [0.29, 0.717) is 17.9 Å². The van der Waals surface area contributed by atoms with E-state index in [1.807, 2.05) is 13.0 Å². The van der Waals surface area contributed by atoms with Gasteiger partial charge in [0, 0.05) is 12.1 Å². The Morgan fingerprint density at radius 1 is 1.32 bits per heavy atom. The van der Waals surface area contributed by atoms with Crippen LogP contribution in [0.3, 0.4) is 0 Å². The summed E-state index contributed by atoms with van der Waals surface area (Å²) in [6.45, 7) is 2.78. The van der Waals surface area contributed by atoms with Crippen LogP contribution in [-0.4, -0.2) is 33.3 Å². The normalized spacial score (nSPS) is 23.6. The number of nitrogens with one attached hydrogen (secondary N) is 2. The van der Waals surface area contributed by atoms with Crippen LogP contribution < -0.4 is 10.0 Å². The SMILES string of the molecule is C[C@H](Cc1ccccc1F)NC[C@H]1CCC[C@H]1NS(C)(=O)=O. The molecule has 1 fully saturated rings. The Labute approximate surface area is 132 Å². The Morgan fingerprint density at radius 2 is 2.05 bits per heavy atom. The van der Waals surface area contributed by atoms with Crippen molar-refractivity contribution in [2.45, 2.75) is 44.7 Å². The minimum Gasteiger partial charge on any atom is -0.314 e. The quantitative estimate of drug-likeness (QED) is 0.805. The van der Waals surface area contributed by atoms with Crippen molar-refractivity contribution in [2.75, 3.05) is 12.8 Å². The molecule has 0 heterocycles. The largest absolute Gasteiger partial charge is 0.314 e. The smallest absolute Gasteiger partial charge is 0.208 e. The molecule has 0 radical (unpaired) electrons. The third-order valence-corrected chi connectivity index (χ3v) is 4.97. The maximum Gasteiger partial charge on any atom is 0.208 e. The zero-order valence-corrected chi connectivity index (χ0v) is 14.0. The molecule has 4 nitrogen and oxygen atoms in total. The first-order valence-corrected chi connectivity index (χ1v) is 9.68. The van der Waals surface area contributed by atoms with Gasteiger partial charge in [-0.05, 0) is 50.3 Å². The number of hydrogen-bond acceptors (Lipinski definition) is 3. The molecule has 1 aromatic carbocycles. The highest BCUT2D eigenvalue weighted by molar-refractivity contribution is 7.88. The van der Waals surface area contributed by atoms with Gasteiger partial charge in [-0.15, -0.1) is 0 Å². The van der Waals surface area contributed by atoms with Crippen LogP contribution in [0, 0.1) is 11.7 Å². The van der Waals surface area contributed by atoms with Gasteiger partial charge in [0.1, 0.15) is 5.82 Å². The number of benzene rings is 1. The minimum absolute atomic E-state index is 0.0168. The van der Waals surface area contributed by atoms with Crippen molar-refractivity contribution in [1.29, 1.82) is 0 Å². The van der Waals surface area contributed by atoms with Gasteiger partial charge in [-0.3, -0.25) is 0 Å². The fraction of sp³-hybridized carbons (Fsp3) is 0.625. The van der Waals surface area contributed by atoms with Crippen molar-refractivity contribution in [2.24, 2.45) is 5.92 Å². The monoisotopic (exact) mass is 328 g/mol. The Morgan fingerprint density at radius 3 is 2.73 bits per heavy atom. The second kappa shape index (κ2) is 7.53. The molecule has 6 heteroatoms. The highest BCUT2D eigenvalue weighted by Crippen LogP contribution is 2.25. The fourth-order valence-electron chi connectivity index (χ4n) is 3.13. The van der Waals surface area contributed by atoms with Crippen LogP contribution in [0.25, 0.3) is 0 Å². The Kier molecular flexibility index (Phi) is 5.94. The molecule has 3 atom stereocenters. The van der Waals surface area contributed by atoms with Crippen molar-refractivity contribution >= 4 is 10.0 Å². The summed E-state index contributed by atoms with van der Waals surface area (Å²) in [6.07, 6.45) is 4.79. The van der Waals surface area contributed by atoms with Crippen LogP contribution in [0.15, 0.2) is 24.3 Å². The number of hydrogen-bond donors (Lipinski definition) is 2. The van der Waals surface area contributed by atoms with E-state index in [9.17, 15) is 12.8 Å².